The molecule has 1 amide bonds. The van der Waals surface area contributed by atoms with Gasteiger partial charge in [-0.05, 0) is 47.9 Å². The average molecular weight is 490 g/mol. The van der Waals surface area contributed by atoms with E-state index in [0.717, 1.165) is 12.5 Å². The van der Waals surface area contributed by atoms with Crippen LogP contribution in [0, 0.1) is 0 Å². The van der Waals surface area contributed by atoms with Crippen LogP contribution in [0.5, 0.6) is 0 Å². The van der Waals surface area contributed by atoms with Crippen LogP contribution in [0.3, 0.4) is 0 Å². The molecule has 3 aromatic carbocycles. The van der Waals surface area contributed by atoms with E-state index in [2.05, 4.69) is 0 Å². The number of carbonyl (C=O) groups is 2. The second kappa shape index (κ2) is 10.7. The van der Waals surface area contributed by atoms with Crippen molar-refractivity contribution in [3.63, 3.8) is 0 Å². The van der Waals surface area contributed by atoms with Crippen molar-refractivity contribution in [1.82, 2.24) is 4.90 Å². The second-order valence-corrected chi connectivity index (χ2v) is 8.02. The predicted octanol–water partition coefficient (Wildman–Crippen LogP) is 6.75. The summed E-state index contributed by atoms with van der Waals surface area (Å²) < 4.78 is 45.8. The minimum Gasteiger partial charge on any atom is -0.461 e. The lowest BCUT2D eigenvalue weighted by Gasteiger charge is -2.23. The van der Waals surface area contributed by atoms with E-state index in [0.29, 0.717) is 23.2 Å². The van der Waals surface area contributed by atoms with Gasteiger partial charge < -0.3 is 9.64 Å². The molecule has 178 valence electrons. The van der Waals surface area contributed by atoms with E-state index < -0.39 is 29.3 Å². The molecule has 0 saturated heterocycles. The fourth-order valence-electron chi connectivity index (χ4n) is 3.67. The third-order valence-electron chi connectivity index (χ3n) is 5.27. The Morgan fingerprint density at radius 1 is 0.971 bits per heavy atom. The van der Waals surface area contributed by atoms with Crippen LogP contribution in [0.2, 0.25) is 5.02 Å². The summed E-state index contributed by atoms with van der Waals surface area (Å²) >= 11 is 6.08. The maximum absolute atomic E-state index is 13.6. The summed E-state index contributed by atoms with van der Waals surface area (Å²) in [4.78, 5) is 25.9. The minimum absolute atomic E-state index is 0.154. The van der Waals surface area contributed by atoms with Crippen molar-refractivity contribution >= 4 is 23.5 Å². The summed E-state index contributed by atoms with van der Waals surface area (Å²) in [6, 6.07) is 18.5. The van der Waals surface area contributed by atoms with Crippen molar-refractivity contribution in [1.29, 1.82) is 0 Å². The molecule has 34 heavy (non-hydrogen) atoms. The fraction of sp³-hybridized carbons (Fsp3) is 0.231. The van der Waals surface area contributed by atoms with Gasteiger partial charge in [0.2, 0.25) is 0 Å². The van der Waals surface area contributed by atoms with Gasteiger partial charge in [-0.25, -0.2) is 0 Å². The molecule has 0 spiro atoms. The number of nitrogens with zero attached hydrogens (tertiary/aromatic N) is 1. The van der Waals surface area contributed by atoms with E-state index >= 15 is 0 Å². The van der Waals surface area contributed by atoms with Gasteiger partial charge in [0.15, 0.2) is 0 Å². The van der Waals surface area contributed by atoms with Crippen LogP contribution < -0.4 is 0 Å². The van der Waals surface area contributed by atoms with Crippen molar-refractivity contribution < 1.29 is 27.5 Å². The molecule has 0 saturated carbocycles. The first-order valence-corrected chi connectivity index (χ1v) is 10.9. The van der Waals surface area contributed by atoms with Gasteiger partial charge in [0.05, 0.1) is 10.6 Å². The third-order valence-corrected chi connectivity index (χ3v) is 5.56. The van der Waals surface area contributed by atoms with Gasteiger partial charge in [-0.15, -0.1) is 0 Å². The highest BCUT2D eigenvalue weighted by Crippen LogP contribution is 2.40. The van der Waals surface area contributed by atoms with Crippen LogP contribution in [-0.4, -0.2) is 23.3 Å². The Bertz CT molecular complexity index is 1180. The number of ether oxygens (including phenoxy) is 1. The zero-order chi connectivity index (χ0) is 24.9. The van der Waals surface area contributed by atoms with Gasteiger partial charge >= 0.3 is 12.1 Å². The fourth-order valence-corrected chi connectivity index (χ4v) is 4.01. The van der Waals surface area contributed by atoms with Gasteiger partial charge in [0.1, 0.15) is 6.61 Å². The Morgan fingerprint density at radius 2 is 1.62 bits per heavy atom. The molecule has 0 aliphatic rings. The van der Waals surface area contributed by atoms with Crippen LogP contribution in [-0.2, 0) is 28.9 Å². The molecular weight excluding hydrogens is 467 g/mol. The zero-order valence-corrected chi connectivity index (χ0v) is 19.4. The molecule has 0 N–H and O–H groups in total. The zero-order valence-electron chi connectivity index (χ0n) is 18.7. The molecule has 0 aliphatic carbocycles. The lowest BCUT2D eigenvalue weighted by atomic mass is 9.95. The topological polar surface area (TPSA) is 46.6 Å². The van der Waals surface area contributed by atoms with E-state index in [1.54, 1.807) is 47.4 Å². The molecule has 0 atom stereocenters. The molecule has 0 unspecified atom stereocenters. The van der Waals surface area contributed by atoms with Gasteiger partial charge in [0, 0.05) is 31.1 Å². The van der Waals surface area contributed by atoms with E-state index in [4.69, 9.17) is 16.3 Å². The first-order valence-electron chi connectivity index (χ1n) is 10.6. The first-order chi connectivity index (χ1) is 16.1. The highest BCUT2D eigenvalue weighted by molar-refractivity contribution is 6.31. The van der Waals surface area contributed by atoms with Gasteiger partial charge in [-0.2, -0.15) is 13.2 Å². The summed E-state index contributed by atoms with van der Waals surface area (Å²) in [6.45, 7) is 3.10. The summed E-state index contributed by atoms with van der Waals surface area (Å²) in [5, 5.41) is -0.491. The number of carbonyl (C=O) groups excluding carboxylic acids is 2. The van der Waals surface area contributed by atoms with E-state index in [9.17, 15) is 22.8 Å². The predicted molar refractivity (Wildman–Crippen MR) is 124 cm³/mol. The van der Waals surface area contributed by atoms with Crippen LogP contribution in [0.25, 0.3) is 11.1 Å². The lowest BCUT2D eigenvalue weighted by Crippen LogP contribution is -2.30. The van der Waals surface area contributed by atoms with Crippen LogP contribution in [0.15, 0.2) is 66.7 Å². The van der Waals surface area contributed by atoms with E-state index in [-0.39, 0.29) is 18.0 Å². The largest absolute Gasteiger partial charge is 0.461 e. The molecular formula is C26H23ClF3NO3. The van der Waals surface area contributed by atoms with E-state index in [1.165, 1.54) is 12.1 Å². The summed E-state index contributed by atoms with van der Waals surface area (Å²) in [6.07, 6.45) is -4.72. The van der Waals surface area contributed by atoms with Crippen LogP contribution in [0.1, 0.15) is 40.9 Å². The van der Waals surface area contributed by atoms with Crippen molar-refractivity contribution in [2.45, 2.75) is 33.2 Å². The highest BCUT2D eigenvalue weighted by atomic mass is 35.5. The lowest BCUT2D eigenvalue weighted by molar-refractivity contribution is -0.145. The summed E-state index contributed by atoms with van der Waals surface area (Å²) in [5.41, 5.74) is 1.06. The number of rotatable bonds is 7. The summed E-state index contributed by atoms with van der Waals surface area (Å²) in [7, 11) is 0. The molecule has 0 fully saturated rings. The monoisotopic (exact) mass is 489 g/mol. The Balaban J connectivity index is 2.03. The normalized spacial score (nSPS) is 11.2. The SMILES string of the molecule is CCN(Cc1ccccc1-c1cc(Cl)c(C(F)(F)F)c(COC(C)=O)c1)C(=O)c1ccccc1. The van der Waals surface area contributed by atoms with Gasteiger partial charge in [-0.3, -0.25) is 9.59 Å². The molecule has 3 rings (SSSR count). The summed E-state index contributed by atoms with van der Waals surface area (Å²) in [5.74, 6) is -0.855. The maximum Gasteiger partial charge on any atom is 0.418 e. The number of alkyl halides is 3. The standard InChI is InChI=1S/C26H23ClF3NO3/c1-3-31(25(33)18-9-5-4-6-10-18)15-19-11-7-8-12-22(19)20-13-21(16-34-17(2)32)24(23(27)14-20)26(28,29)30/h4-14H,3,15-16H2,1-2H3. The molecule has 0 aliphatic heterocycles. The minimum atomic E-state index is -4.72. The number of benzene rings is 3. The molecule has 8 heteroatoms. The van der Waals surface area contributed by atoms with Crippen molar-refractivity contribution in [3.8, 4) is 11.1 Å². The smallest absolute Gasteiger partial charge is 0.418 e. The van der Waals surface area contributed by atoms with Crippen molar-refractivity contribution in [3.05, 3.63) is 94.0 Å². The molecule has 0 bridgehead atoms. The maximum atomic E-state index is 13.6. The highest BCUT2D eigenvalue weighted by Gasteiger charge is 2.36. The van der Waals surface area contributed by atoms with E-state index in [1.807, 2.05) is 19.1 Å². The number of esters is 1. The quantitative estimate of drug-likeness (QED) is 0.345. The van der Waals surface area contributed by atoms with Crippen LogP contribution in [0.4, 0.5) is 13.2 Å². The molecule has 0 heterocycles. The van der Waals surface area contributed by atoms with Crippen LogP contribution >= 0.6 is 11.6 Å². The Kier molecular flexibility index (Phi) is 7.99. The third kappa shape index (κ3) is 5.97. The van der Waals surface area contributed by atoms with Gasteiger partial charge in [0.25, 0.3) is 5.91 Å². The van der Waals surface area contributed by atoms with Crippen molar-refractivity contribution in [2.75, 3.05) is 6.54 Å². The van der Waals surface area contributed by atoms with Crippen molar-refractivity contribution in [2.24, 2.45) is 0 Å². The molecule has 0 radical (unpaired) electrons. The molecule has 3 aromatic rings. The molecule has 4 nitrogen and oxygen atoms in total. The average Bonchev–Trinajstić information content (AvgIpc) is 2.80. The number of hydrogen-bond acceptors (Lipinski definition) is 3. The molecule has 0 aromatic heterocycles. The second-order valence-electron chi connectivity index (χ2n) is 7.61. The number of hydrogen-bond donors (Lipinski definition) is 0. The Morgan fingerprint density at radius 3 is 2.24 bits per heavy atom. The Labute approximate surface area is 200 Å². The number of halogens is 4. The number of amides is 1. The van der Waals surface area contributed by atoms with Gasteiger partial charge in [-0.1, -0.05) is 54.1 Å². The first kappa shape index (κ1) is 25.3. The Hall–Kier alpha value is -3.32.